The topological polar surface area (TPSA) is 43.4 Å². The largest absolute Gasteiger partial charge is 0.386 e. The molecule has 0 saturated carbocycles. The molecule has 1 saturated heterocycles. The predicted molar refractivity (Wildman–Crippen MR) is 71.1 cm³/mol. The lowest BCUT2D eigenvalue weighted by atomic mass is 9.96. The van der Waals surface area contributed by atoms with Crippen LogP contribution < -0.4 is 0 Å². The first-order chi connectivity index (χ1) is 8.41. The van der Waals surface area contributed by atoms with Crippen LogP contribution in [0.2, 0.25) is 0 Å². The van der Waals surface area contributed by atoms with Crippen molar-refractivity contribution in [2.24, 2.45) is 0 Å². The van der Waals surface area contributed by atoms with Gasteiger partial charge in [-0.25, -0.2) is 9.59 Å². The molecule has 4 heteroatoms. The van der Waals surface area contributed by atoms with E-state index in [2.05, 4.69) is 0 Å². The molecule has 0 atom stereocenters. The fourth-order valence-electron chi connectivity index (χ4n) is 1.97. The number of cyclic esters (lactones) is 2. The standard InChI is InChI=1S/C14H14O3S/c1-7(2)11-12(14(16)17-13(11)15)9(4)10-5-8(3)18-6-10/h5-6H,1-4H3/b12-9+. The van der Waals surface area contributed by atoms with Crippen LogP contribution in [0.25, 0.3) is 5.57 Å². The Morgan fingerprint density at radius 1 is 1.11 bits per heavy atom. The SMILES string of the molecule is CC(C)=C1C(=O)OC(=O)/C1=C(\C)c1csc(C)c1. The molecule has 1 aromatic heterocycles. The van der Waals surface area contributed by atoms with Gasteiger partial charge in [-0.15, -0.1) is 11.3 Å². The number of hydrogen-bond donors (Lipinski definition) is 0. The maximum atomic E-state index is 11.8. The molecule has 0 bridgehead atoms. The van der Waals surface area contributed by atoms with Crippen molar-refractivity contribution in [3.8, 4) is 0 Å². The van der Waals surface area contributed by atoms with Gasteiger partial charge in [-0.3, -0.25) is 0 Å². The van der Waals surface area contributed by atoms with E-state index in [0.717, 1.165) is 16.7 Å². The molecule has 1 aromatic rings. The van der Waals surface area contributed by atoms with Crippen LogP contribution in [-0.4, -0.2) is 11.9 Å². The Morgan fingerprint density at radius 3 is 2.22 bits per heavy atom. The highest BCUT2D eigenvalue weighted by Gasteiger charge is 2.36. The number of ether oxygens (including phenoxy) is 1. The summed E-state index contributed by atoms with van der Waals surface area (Å²) in [6.45, 7) is 7.47. The van der Waals surface area contributed by atoms with Crippen molar-refractivity contribution in [2.45, 2.75) is 27.7 Å². The first-order valence-corrected chi connectivity index (χ1v) is 6.50. The molecule has 0 N–H and O–H groups in total. The van der Waals surface area contributed by atoms with Gasteiger partial charge in [0.1, 0.15) is 0 Å². The summed E-state index contributed by atoms with van der Waals surface area (Å²) in [7, 11) is 0. The highest BCUT2D eigenvalue weighted by Crippen LogP contribution is 2.33. The first-order valence-electron chi connectivity index (χ1n) is 5.62. The highest BCUT2D eigenvalue weighted by molar-refractivity contribution is 7.10. The Labute approximate surface area is 110 Å². The van der Waals surface area contributed by atoms with Crippen LogP contribution in [-0.2, 0) is 14.3 Å². The van der Waals surface area contributed by atoms with Crippen molar-refractivity contribution in [2.75, 3.05) is 0 Å². The minimum atomic E-state index is -0.544. The smallest absolute Gasteiger partial charge is 0.347 e. The van der Waals surface area contributed by atoms with Gasteiger partial charge in [0.25, 0.3) is 0 Å². The summed E-state index contributed by atoms with van der Waals surface area (Å²) in [5, 5.41) is 1.98. The van der Waals surface area contributed by atoms with Crippen molar-refractivity contribution in [3.63, 3.8) is 0 Å². The van der Waals surface area contributed by atoms with Crippen molar-refractivity contribution in [1.82, 2.24) is 0 Å². The van der Waals surface area contributed by atoms with E-state index < -0.39 is 11.9 Å². The van der Waals surface area contributed by atoms with E-state index in [1.165, 1.54) is 4.88 Å². The van der Waals surface area contributed by atoms with Gasteiger partial charge in [0.2, 0.25) is 0 Å². The monoisotopic (exact) mass is 262 g/mol. The molecule has 1 aliphatic rings. The van der Waals surface area contributed by atoms with Crippen LogP contribution in [0.4, 0.5) is 0 Å². The molecule has 2 heterocycles. The minimum absolute atomic E-state index is 0.401. The van der Waals surface area contributed by atoms with E-state index in [-0.39, 0.29) is 0 Å². The molecule has 3 nitrogen and oxygen atoms in total. The molecular weight excluding hydrogens is 248 g/mol. The number of carbonyl (C=O) groups excluding carboxylic acids is 2. The molecular formula is C14H14O3S. The van der Waals surface area contributed by atoms with Gasteiger partial charge in [0.15, 0.2) is 0 Å². The summed E-state index contributed by atoms with van der Waals surface area (Å²) in [4.78, 5) is 24.6. The van der Waals surface area contributed by atoms with E-state index in [4.69, 9.17) is 4.74 Å². The van der Waals surface area contributed by atoms with Crippen LogP contribution in [0.5, 0.6) is 0 Å². The fraction of sp³-hybridized carbons (Fsp3) is 0.286. The number of thiophene rings is 1. The van der Waals surface area contributed by atoms with Crippen molar-refractivity contribution >= 4 is 28.8 Å². The van der Waals surface area contributed by atoms with Crippen LogP contribution in [0.15, 0.2) is 28.2 Å². The van der Waals surface area contributed by atoms with E-state index in [0.29, 0.717) is 11.1 Å². The van der Waals surface area contributed by atoms with Gasteiger partial charge in [0.05, 0.1) is 11.1 Å². The lowest BCUT2D eigenvalue weighted by Crippen LogP contribution is -1.98. The zero-order valence-corrected chi connectivity index (χ0v) is 11.6. The Hall–Kier alpha value is -1.68. The lowest BCUT2D eigenvalue weighted by molar-refractivity contribution is -0.149. The second-order valence-corrected chi connectivity index (χ2v) is 5.61. The molecule has 0 amide bonds. The first kappa shape index (κ1) is 12.8. The van der Waals surface area contributed by atoms with Crippen LogP contribution in [0, 0.1) is 6.92 Å². The Balaban J connectivity index is 2.64. The summed E-state index contributed by atoms with van der Waals surface area (Å²) in [6, 6.07) is 2.01. The summed E-state index contributed by atoms with van der Waals surface area (Å²) < 4.78 is 4.71. The van der Waals surface area contributed by atoms with Gasteiger partial charge in [-0.1, -0.05) is 5.57 Å². The van der Waals surface area contributed by atoms with E-state index in [1.807, 2.05) is 25.3 Å². The third kappa shape index (κ3) is 2.04. The third-order valence-corrected chi connectivity index (χ3v) is 3.74. The zero-order valence-electron chi connectivity index (χ0n) is 10.8. The van der Waals surface area contributed by atoms with Crippen molar-refractivity contribution in [3.05, 3.63) is 38.6 Å². The van der Waals surface area contributed by atoms with Crippen molar-refractivity contribution in [1.29, 1.82) is 0 Å². The molecule has 0 unspecified atom stereocenters. The average molecular weight is 262 g/mol. The van der Waals surface area contributed by atoms with Crippen molar-refractivity contribution < 1.29 is 14.3 Å². The minimum Gasteiger partial charge on any atom is -0.386 e. The van der Waals surface area contributed by atoms with Gasteiger partial charge in [-0.2, -0.15) is 0 Å². The maximum absolute atomic E-state index is 11.8. The van der Waals surface area contributed by atoms with E-state index >= 15 is 0 Å². The lowest BCUT2D eigenvalue weighted by Gasteiger charge is -2.03. The normalized spacial score (nSPS) is 18.1. The highest BCUT2D eigenvalue weighted by atomic mass is 32.1. The molecule has 1 aliphatic heterocycles. The number of rotatable bonds is 1. The number of carbonyl (C=O) groups is 2. The number of aryl methyl sites for hydroxylation is 1. The Kier molecular flexibility index (Phi) is 3.22. The summed E-state index contributed by atoms with van der Waals surface area (Å²) in [5.41, 5.74) is 3.37. The van der Waals surface area contributed by atoms with Gasteiger partial charge < -0.3 is 4.74 Å². The van der Waals surface area contributed by atoms with Crippen LogP contribution in [0.1, 0.15) is 31.2 Å². The number of allylic oxidation sites excluding steroid dienone is 2. The van der Waals surface area contributed by atoms with Crippen LogP contribution in [0.3, 0.4) is 0 Å². The summed E-state index contributed by atoms with van der Waals surface area (Å²) in [6.07, 6.45) is 0. The molecule has 2 rings (SSSR count). The molecule has 0 radical (unpaired) electrons. The molecule has 0 aromatic carbocycles. The zero-order chi connectivity index (χ0) is 13.4. The average Bonchev–Trinajstić information content (AvgIpc) is 2.81. The predicted octanol–water partition coefficient (Wildman–Crippen LogP) is 3.25. The second-order valence-electron chi connectivity index (χ2n) is 4.50. The van der Waals surface area contributed by atoms with Crippen LogP contribution >= 0.6 is 11.3 Å². The molecule has 0 spiro atoms. The summed E-state index contributed by atoms with van der Waals surface area (Å²) >= 11 is 1.62. The quantitative estimate of drug-likeness (QED) is 0.443. The molecule has 0 aliphatic carbocycles. The Bertz CT molecular complexity index is 598. The van der Waals surface area contributed by atoms with Gasteiger partial charge in [-0.05, 0) is 50.3 Å². The van der Waals surface area contributed by atoms with Gasteiger partial charge >= 0.3 is 11.9 Å². The van der Waals surface area contributed by atoms with E-state index in [9.17, 15) is 9.59 Å². The molecule has 94 valence electrons. The Morgan fingerprint density at radius 2 is 1.72 bits per heavy atom. The number of esters is 2. The van der Waals surface area contributed by atoms with Gasteiger partial charge in [0, 0.05) is 4.88 Å². The second kappa shape index (κ2) is 4.53. The maximum Gasteiger partial charge on any atom is 0.347 e. The molecule has 18 heavy (non-hydrogen) atoms. The number of hydrogen-bond acceptors (Lipinski definition) is 4. The summed E-state index contributed by atoms with van der Waals surface area (Å²) in [5.74, 6) is -1.08. The third-order valence-electron chi connectivity index (χ3n) is 2.88. The molecule has 1 fully saturated rings. The fourth-order valence-corrected chi connectivity index (χ4v) is 2.72. The van der Waals surface area contributed by atoms with E-state index in [1.54, 1.807) is 25.2 Å².